The Morgan fingerprint density at radius 3 is 2.76 bits per heavy atom. The van der Waals surface area contributed by atoms with Gasteiger partial charge in [-0.1, -0.05) is 15.9 Å². The molecular weight excluding hydrogens is 344 g/mol. The summed E-state index contributed by atoms with van der Waals surface area (Å²) in [7, 11) is 1.26. The molecule has 7 nitrogen and oxygen atoms in total. The molecule has 1 aliphatic rings. The van der Waals surface area contributed by atoms with E-state index in [1.807, 2.05) is 0 Å². The van der Waals surface area contributed by atoms with Crippen molar-refractivity contribution in [3.05, 3.63) is 32.8 Å². The van der Waals surface area contributed by atoms with E-state index in [0.717, 1.165) is 12.8 Å². The number of ether oxygens (including phenoxy) is 2. The molecule has 0 heterocycles. The number of nitrogens with zero attached hydrogens (tertiary/aromatic N) is 1. The zero-order chi connectivity index (χ0) is 15.6. The van der Waals surface area contributed by atoms with Crippen molar-refractivity contribution >= 4 is 27.6 Å². The molecule has 0 spiro atoms. The summed E-state index contributed by atoms with van der Waals surface area (Å²) in [6, 6.07) is 4.42. The molecule has 0 bridgehead atoms. The van der Waals surface area contributed by atoms with Gasteiger partial charge < -0.3 is 15.2 Å². The highest BCUT2D eigenvalue weighted by molar-refractivity contribution is 9.10. The smallest absolute Gasteiger partial charge is 0.329 e. The minimum Gasteiger partial charge on any atom is -0.484 e. The largest absolute Gasteiger partial charge is 0.484 e. The Morgan fingerprint density at radius 1 is 1.57 bits per heavy atom. The van der Waals surface area contributed by atoms with Gasteiger partial charge in [0.2, 0.25) is 0 Å². The van der Waals surface area contributed by atoms with Gasteiger partial charge in [-0.05, 0) is 30.9 Å². The number of benzene rings is 1. The van der Waals surface area contributed by atoms with Crippen LogP contribution in [0.1, 0.15) is 12.8 Å². The van der Waals surface area contributed by atoms with E-state index >= 15 is 0 Å². The second-order valence-electron chi connectivity index (χ2n) is 4.96. The Bertz CT molecular complexity index is 576. The van der Waals surface area contributed by atoms with Crippen LogP contribution < -0.4 is 10.5 Å². The molecule has 0 radical (unpaired) electrons. The van der Waals surface area contributed by atoms with E-state index in [4.69, 9.17) is 15.2 Å². The molecule has 1 fully saturated rings. The lowest BCUT2D eigenvalue weighted by Gasteiger charge is -2.26. The van der Waals surface area contributed by atoms with Crippen LogP contribution in [0.15, 0.2) is 22.7 Å². The monoisotopic (exact) mass is 358 g/mol. The van der Waals surface area contributed by atoms with Crippen molar-refractivity contribution < 1.29 is 19.2 Å². The van der Waals surface area contributed by atoms with E-state index in [0.29, 0.717) is 4.47 Å². The van der Waals surface area contributed by atoms with Gasteiger partial charge in [0.15, 0.2) is 11.3 Å². The maximum Gasteiger partial charge on any atom is 0.329 e. The maximum absolute atomic E-state index is 11.8. The summed E-state index contributed by atoms with van der Waals surface area (Å²) in [6.07, 6.45) is 1.63. The van der Waals surface area contributed by atoms with Gasteiger partial charge in [-0.3, -0.25) is 10.1 Å². The average Bonchev–Trinajstić information content (AvgIpc) is 3.29. The van der Waals surface area contributed by atoms with Gasteiger partial charge >= 0.3 is 11.7 Å². The number of nitro benzene ring substituents is 1. The molecule has 1 atom stereocenters. The summed E-state index contributed by atoms with van der Waals surface area (Å²) in [5.41, 5.74) is 4.63. The number of halogens is 1. The van der Waals surface area contributed by atoms with Gasteiger partial charge in [-0.2, -0.15) is 0 Å². The molecule has 114 valence electrons. The molecule has 0 aromatic heterocycles. The van der Waals surface area contributed by atoms with E-state index in [-0.39, 0.29) is 24.0 Å². The number of hydrogen-bond donors (Lipinski definition) is 1. The van der Waals surface area contributed by atoms with Crippen LogP contribution in [0.25, 0.3) is 0 Å². The van der Waals surface area contributed by atoms with E-state index in [9.17, 15) is 14.9 Å². The molecule has 2 rings (SSSR count). The van der Waals surface area contributed by atoms with Crippen LogP contribution in [-0.2, 0) is 9.53 Å². The number of esters is 1. The number of carbonyl (C=O) groups excluding carboxylic acids is 1. The molecule has 0 saturated heterocycles. The molecule has 0 aliphatic heterocycles. The first-order valence-corrected chi connectivity index (χ1v) is 7.12. The number of nitrogens with two attached hydrogens (primary N) is 1. The summed E-state index contributed by atoms with van der Waals surface area (Å²) in [5.74, 6) is -0.508. The lowest BCUT2D eigenvalue weighted by molar-refractivity contribution is -0.386. The molecule has 1 unspecified atom stereocenters. The second kappa shape index (κ2) is 5.98. The zero-order valence-corrected chi connectivity index (χ0v) is 13.0. The topological polar surface area (TPSA) is 105 Å². The van der Waals surface area contributed by atoms with Crippen molar-refractivity contribution in [3.8, 4) is 5.75 Å². The second-order valence-corrected chi connectivity index (χ2v) is 5.88. The Labute approximate surface area is 129 Å². The summed E-state index contributed by atoms with van der Waals surface area (Å²) in [6.45, 7) is -0.160. The van der Waals surface area contributed by atoms with Crippen molar-refractivity contribution in [1.29, 1.82) is 0 Å². The predicted octanol–water partition coefficient (Wildman–Crippen LogP) is 2.02. The van der Waals surface area contributed by atoms with Gasteiger partial charge in [-0.25, -0.2) is 4.79 Å². The maximum atomic E-state index is 11.8. The molecule has 1 aliphatic carbocycles. The molecule has 1 aromatic rings. The third-order valence-electron chi connectivity index (χ3n) is 3.46. The molecule has 21 heavy (non-hydrogen) atoms. The Kier molecular flexibility index (Phi) is 4.48. The first-order valence-electron chi connectivity index (χ1n) is 6.32. The Hall–Kier alpha value is -1.67. The lowest BCUT2D eigenvalue weighted by atomic mass is 9.96. The number of hydrogen-bond acceptors (Lipinski definition) is 6. The van der Waals surface area contributed by atoms with Crippen LogP contribution in [0.3, 0.4) is 0 Å². The summed E-state index contributed by atoms with van der Waals surface area (Å²) in [4.78, 5) is 22.3. The number of rotatable bonds is 6. The lowest BCUT2D eigenvalue weighted by Crippen LogP contribution is -2.55. The molecule has 1 saturated carbocycles. The van der Waals surface area contributed by atoms with Crippen molar-refractivity contribution in [3.63, 3.8) is 0 Å². The zero-order valence-electron chi connectivity index (χ0n) is 11.4. The minimum absolute atomic E-state index is 0.0144. The standard InChI is InChI=1S/C13H15BrN2O5/c1-20-12(17)13(15,8-2-3-8)7-21-11-5-4-9(14)6-10(11)16(18)19/h4-6,8H,2-3,7,15H2,1H3. The molecular formula is C13H15BrN2O5. The van der Waals surface area contributed by atoms with E-state index < -0.39 is 16.4 Å². The van der Waals surface area contributed by atoms with Gasteiger partial charge in [-0.15, -0.1) is 0 Å². The highest BCUT2D eigenvalue weighted by atomic mass is 79.9. The van der Waals surface area contributed by atoms with Crippen LogP contribution in [0.5, 0.6) is 5.75 Å². The fourth-order valence-electron chi connectivity index (χ4n) is 2.08. The third kappa shape index (κ3) is 3.33. The van der Waals surface area contributed by atoms with Crippen LogP contribution in [0.2, 0.25) is 0 Å². The summed E-state index contributed by atoms with van der Waals surface area (Å²) < 4.78 is 10.7. The fraction of sp³-hybridized carbons (Fsp3) is 0.462. The Balaban J connectivity index is 2.18. The van der Waals surface area contributed by atoms with Gasteiger partial charge in [0.1, 0.15) is 6.61 Å². The third-order valence-corrected chi connectivity index (χ3v) is 3.95. The first kappa shape index (κ1) is 15.7. The Morgan fingerprint density at radius 2 is 2.24 bits per heavy atom. The van der Waals surface area contributed by atoms with Gasteiger partial charge in [0.25, 0.3) is 0 Å². The van der Waals surface area contributed by atoms with Crippen molar-refractivity contribution in [1.82, 2.24) is 0 Å². The normalized spacial score (nSPS) is 16.9. The average molecular weight is 359 g/mol. The van der Waals surface area contributed by atoms with Crippen LogP contribution in [-0.4, -0.2) is 30.1 Å². The minimum atomic E-state index is -1.27. The first-order chi connectivity index (χ1) is 9.88. The van der Waals surface area contributed by atoms with Gasteiger partial charge in [0.05, 0.1) is 12.0 Å². The number of methoxy groups -OCH3 is 1. The highest BCUT2D eigenvalue weighted by Crippen LogP contribution is 2.40. The molecule has 8 heteroatoms. The SMILES string of the molecule is COC(=O)C(N)(COc1ccc(Br)cc1[N+](=O)[O-])C1CC1. The van der Waals surface area contributed by atoms with Crippen molar-refractivity contribution in [2.24, 2.45) is 11.7 Å². The van der Waals surface area contributed by atoms with E-state index in [1.54, 1.807) is 6.07 Å². The number of nitro groups is 1. The van der Waals surface area contributed by atoms with E-state index in [2.05, 4.69) is 15.9 Å². The van der Waals surface area contributed by atoms with E-state index in [1.165, 1.54) is 19.2 Å². The fourth-order valence-corrected chi connectivity index (χ4v) is 2.43. The van der Waals surface area contributed by atoms with Crippen LogP contribution in [0.4, 0.5) is 5.69 Å². The van der Waals surface area contributed by atoms with Gasteiger partial charge in [0, 0.05) is 10.5 Å². The number of carbonyl (C=O) groups is 1. The van der Waals surface area contributed by atoms with Crippen LogP contribution >= 0.6 is 15.9 Å². The van der Waals surface area contributed by atoms with Crippen molar-refractivity contribution in [2.75, 3.05) is 13.7 Å². The van der Waals surface area contributed by atoms with Crippen molar-refractivity contribution in [2.45, 2.75) is 18.4 Å². The summed E-state index contributed by atoms with van der Waals surface area (Å²) in [5, 5.41) is 11.0. The highest BCUT2D eigenvalue weighted by Gasteiger charge is 2.50. The molecule has 2 N–H and O–H groups in total. The molecule has 0 amide bonds. The molecule has 1 aromatic carbocycles. The quantitative estimate of drug-likeness (QED) is 0.473. The van der Waals surface area contributed by atoms with Crippen LogP contribution in [0, 0.1) is 16.0 Å². The predicted molar refractivity (Wildman–Crippen MR) is 77.9 cm³/mol. The summed E-state index contributed by atoms with van der Waals surface area (Å²) >= 11 is 3.16.